The molecule has 0 radical (unpaired) electrons. The molecule has 0 heterocycles. The van der Waals surface area contributed by atoms with E-state index in [9.17, 15) is 13.2 Å². The van der Waals surface area contributed by atoms with E-state index in [-0.39, 0.29) is 11.4 Å². The number of ether oxygens (including phenoxy) is 1. The Hall–Kier alpha value is -3.03. The van der Waals surface area contributed by atoms with Crippen molar-refractivity contribution < 1.29 is 17.9 Å². The van der Waals surface area contributed by atoms with Gasteiger partial charge in [-0.15, -0.1) is 0 Å². The van der Waals surface area contributed by atoms with Gasteiger partial charge in [0.25, 0.3) is 10.0 Å². The summed E-state index contributed by atoms with van der Waals surface area (Å²) in [5.74, 6) is -0.0201. The number of carbonyl (C=O) groups excluding carboxylic acids is 1. The Morgan fingerprint density at radius 3 is 2.31 bits per heavy atom. The maximum atomic E-state index is 13.4. The summed E-state index contributed by atoms with van der Waals surface area (Å²) < 4.78 is 33.6. The SMILES string of the molecule is CCOc1ccccc1N(CC(=O)NCCc1ccc(Cl)cc1)S(=O)(=O)c1ccccc1. The first-order valence-electron chi connectivity index (χ1n) is 10.2. The van der Waals surface area contributed by atoms with E-state index >= 15 is 0 Å². The summed E-state index contributed by atoms with van der Waals surface area (Å²) >= 11 is 5.90. The minimum Gasteiger partial charge on any atom is -0.492 e. The lowest BCUT2D eigenvalue weighted by Crippen LogP contribution is -2.41. The quantitative estimate of drug-likeness (QED) is 0.477. The fourth-order valence-corrected chi connectivity index (χ4v) is 4.72. The summed E-state index contributed by atoms with van der Waals surface area (Å²) in [5.41, 5.74) is 1.33. The number of hydrogen-bond donors (Lipinski definition) is 1. The third-order valence-corrected chi connectivity index (χ3v) is 6.73. The number of nitrogens with one attached hydrogen (secondary N) is 1. The van der Waals surface area contributed by atoms with Gasteiger partial charge in [0, 0.05) is 11.6 Å². The van der Waals surface area contributed by atoms with Crippen LogP contribution >= 0.6 is 11.6 Å². The Kier molecular flexibility index (Phi) is 8.14. The van der Waals surface area contributed by atoms with Gasteiger partial charge in [-0.25, -0.2) is 8.42 Å². The molecular formula is C24H25ClN2O4S. The maximum Gasteiger partial charge on any atom is 0.264 e. The molecular weight excluding hydrogens is 448 g/mol. The molecule has 8 heteroatoms. The molecule has 0 aliphatic heterocycles. The van der Waals surface area contributed by atoms with Crippen molar-refractivity contribution in [2.45, 2.75) is 18.2 Å². The molecule has 0 fully saturated rings. The van der Waals surface area contributed by atoms with E-state index in [1.54, 1.807) is 54.6 Å². The van der Waals surface area contributed by atoms with Gasteiger partial charge in [0.15, 0.2) is 0 Å². The summed E-state index contributed by atoms with van der Waals surface area (Å²) in [6.45, 7) is 2.18. The van der Waals surface area contributed by atoms with Crippen LogP contribution < -0.4 is 14.4 Å². The van der Waals surface area contributed by atoms with Crippen molar-refractivity contribution in [3.63, 3.8) is 0 Å². The summed E-state index contributed by atoms with van der Waals surface area (Å²) in [5, 5.41) is 3.45. The summed E-state index contributed by atoms with van der Waals surface area (Å²) in [4.78, 5) is 12.8. The average molecular weight is 473 g/mol. The van der Waals surface area contributed by atoms with Crippen LogP contribution in [0.5, 0.6) is 5.75 Å². The first-order valence-corrected chi connectivity index (χ1v) is 12.0. The molecule has 1 amide bonds. The molecule has 0 bridgehead atoms. The standard InChI is InChI=1S/C24H25ClN2O4S/c1-2-31-23-11-7-6-10-22(23)27(32(29,30)21-8-4-3-5-9-21)18-24(28)26-17-16-19-12-14-20(25)15-13-19/h3-15H,2,16-18H2,1H3,(H,26,28). The molecule has 0 aliphatic carbocycles. The highest BCUT2D eigenvalue weighted by Crippen LogP contribution is 2.32. The number of carbonyl (C=O) groups is 1. The monoisotopic (exact) mass is 472 g/mol. The van der Waals surface area contributed by atoms with E-state index in [4.69, 9.17) is 16.3 Å². The Balaban J connectivity index is 1.81. The molecule has 0 atom stereocenters. The second-order valence-corrected chi connectivity index (χ2v) is 9.25. The second kappa shape index (κ2) is 11.0. The van der Waals surface area contributed by atoms with E-state index in [1.165, 1.54) is 12.1 Å². The van der Waals surface area contributed by atoms with Crippen molar-refractivity contribution in [3.8, 4) is 5.75 Å². The number of sulfonamides is 1. The van der Waals surface area contributed by atoms with Crippen LogP contribution in [0.25, 0.3) is 0 Å². The summed E-state index contributed by atoms with van der Waals surface area (Å²) in [6, 6.07) is 22.2. The predicted octanol–water partition coefficient (Wildman–Crippen LogP) is 4.29. The van der Waals surface area contributed by atoms with Crippen LogP contribution in [-0.4, -0.2) is 34.0 Å². The number of halogens is 1. The zero-order valence-electron chi connectivity index (χ0n) is 17.7. The smallest absolute Gasteiger partial charge is 0.264 e. The van der Waals surface area contributed by atoms with Gasteiger partial charge in [0.05, 0.1) is 17.2 Å². The number of amides is 1. The zero-order valence-corrected chi connectivity index (χ0v) is 19.3. The fourth-order valence-electron chi connectivity index (χ4n) is 3.14. The summed E-state index contributed by atoms with van der Waals surface area (Å²) in [6.07, 6.45) is 0.601. The Morgan fingerprint density at radius 2 is 1.62 bits per heavy atom. The Labute approximate surface area is 193 Å². The predicted molar refractivity (Wildman–Crippen MR) is 127 cm³/mol. The first-order chi connectivity index (χ1) is 15.4. The fraction of sp³-hybridized carbons (Fsp3) is 0.208. The lowest BCUT2D eigenvalue weighted by atomic mass is 10.1. The highest BCUT2D eigenvalue weighted by Gasteiger charge is 2.29. The molecule has 6 nitrogen and oxygen atoms in total. The van der Waals surface area contributed by atoms with Gasteiger partial charge in [-0.3, -0.25) is 9.10 Å². The molecule has 3 rings (SSSR count). The Morgan fingerprint density at radius 1 is 0.969 bits per heavy atom. The molecule has 3 aromatic carbocycles. The normalized spacial score (nSPS) is 11.1. The van der Waals surface area contributed by atoms with E-state index in [2.05, 4.69) is 5.32 Å². The number of para-hydroxylation sites is 2. The van der Waals surface area contributed by atoms with E-state index in [1.807, 2.05) is 19.1 Å². The van der Waals surface area contributed by atoms with Gasteiger partial charge in [-0.1, -0.05) is 54.1 Å². The van der Waals surface area contributed by atoms with Crippen LogP contribution in [0.2, 0.25) is 5.02 Å². The topological polar surface area (TPSA) is 75.7 Å². The molecule has 0 spiro atoms. The second-order valence-electron chi connectivity index (χ2n) is 6.95. The molecule has 0 aromatic heterocycles. The molecule has 1 N–H and O–H groups in total. The summed E-state index contributed by atoms with van der Waals surface area (Å²) in [7, 11) is -3.99. The van der Waals surface area contributed by atoms with Crippen molar-refractivity contribution in [2.24, 2.45) is 0 Å². The third-order valence-electron chi connectivity index (χ3n) is 4.70. The van der Waals surface area contributed by atoms with Crippen molar-refractivity contribution in [3.05, 3.63) is 89.4 Å². The minimum atomic E-state index is -3.99. The van der Waals surface area contributed by atoms with Crippen LogP contribution in [-0.2, 0) is 21.2 Å². The first kappa shape index (κ1) is 23.6. The molecule has 0 saturated heterocycles. The number of nitrogens with zero attached hydrogens (tertiary/aromatic N) is 1. The van der Waals surface area contributed by atoms with Crippen LogP contribution in [0.1, 0.15) is 12.5 Å². The molecule has 32 heavy (non-hydrogen) atoms. The van der Waals surface area contributed by atoms with Crippen LogP contribution in [0.4, 0.5) is 5.69 Å². The molecule has 0 aliphatic rings. The van der Waals surface area contributed by atoms with Gasteiger partial charge in [0.1, 0.15) is 12.3 Å². The van der Waals surface area contributed by atoms with Crippen LogP contribution in [0.15, 0.2) is 83.8 Å². The van der Waals surface area contributed by atoms with Crippen LogP contribution in [0, 0.1) is 0 Å². The highest BCUT2D eigenvalue weighted by molar-refractivity contribution is 7.92. The van der Waals surface area contributed by atoms with E-state index < -0.39 is 15.9 Å². The van der Waals surface area contributed by atoms with Gasteiger partial charge >= 0.3 is 0 Å². The zero-order chi connectivity index (χ0) is 23.0. The minimum absolute atomic E-state index is 0.0975. The molecule has 0 saturated carbocycles. The molecule has 3 aromatic rings. The van der Waals surface area contributed by atoms with Crippen molar-refractivity contribution >= 4 is 33.2 Å². The largest absolute Gasteiger partial charge is 0.492 e. The van der Waals surface area contributed by atoms with Gasteiger partial charge < -0.3 is 10.1 Å². The van der Waals surface area contributed by atoms with E-state index in [0.717, 1.165) is 9.87 Å². The van der Waals surface area contributed by atoms with Crippen LogP contribution in [0.3, 0.4) is 0 Å². The average Bonchev–Trinajstić information content (AvgIpc) is 2.80. The van der Waals surface area contributed by atoms with Crippen molar-refractivity contribution in [2.75, 3.05) is 24.0 Å². The number of benzene rings is 3. The third kappa shape index (κ3) is 6.02. The van der Waals surface area contributed by atoms with Gasteiger partial charge in [-0.2, -0.15) is 0 Å². The Bertz CT molecular complexity index is 1140. The molecule has 0 unspecified atom stereocenters. The maximum absolute atomic E-state index is 13.4. The van der Waals surface area contributed by atoms with E-state index in [0.29, 0.717) is 36.0 Å². The number of rotatable bonds is 10. The lowest BCUT2D eigenvalue weighted by molar-refractivity contribution is -0.119. The highest BCUT2D eigenvalue weighted by atomic mass is 35.5. The lowest BCUT2D eigenvalue weighted by Gasteiger charge is -2.26. The number of hydrogen-bond acceptors (Lipinski definition) is 4. The van der Waals surface area contributed by atoms with Crippen molar-refractivity contribution in [1.29, 1.82) is 0 Å². The molecule has 168 valence electrons. The van der Waals surface area contributed by atoms with Gasteiger partial charge in [0.2, 0.25) is 5.91 Å². The van der Waals surface area contributed by atoms with Crippen molar-refractivity contribution in [1.82, 2.24) is 5.32 Å². The number of anilines is 1. The van der Waals surface area contributed by atoms with Gasteiger partial charge in [-0.05, 0) is 55.3 Å².